The molecule has 0 N–H and O–H groups in total. The summed E-state index contributed by atoms with van der Waals surface area (Å²) in [6.07, 6.45) is -0.859. The largest absolute Gasteiger partial charge is 0.458 e. The minimum Gasteiger partial charge on any atom is -0.458 e. The summed E-state index contributed by atoms with van der Waals surface area (Å²) in [6, 6.07) is 22.6. The van der Waals surface area contributed by atoms with Gasteiger partial charge in [-0.25, -0.2) is 4.79 Å². The molecule has 0 bridgehead atoms. The molecule has 3 atom stereocenters. The first-order valence-corrected chi connectivity index (χ1v) is 10.9. The Morgan fingerprint density at radius 2 is 1.62 bits per heavy atom. The lowest BCUT2D eigenvalue weighted by Gasteiger charge is -2.48. The predicted molar refractivity (Wildman–Crippen MR) is 124 cm³/mol. The molecule has 1 aliphatic heterocycles. The quantitative estimate of drug-likeness (QED) is 0.405. The normalized spacial score (nSPS) is 19.5. The minimum atomic E-state index is -0.859. The Morgan fingerprint density at radius 3 is 2.34 bits per heavy atom. The molecule has 32 heavy (non-hydrogen) atoms. The van der Waals surface area contributed by atoms with E-state index < -0.39 is 23.7 Å². The summed E-state index contributed by atoms with van der Waals surface area (Å²) in [6.45, 7) is 7.68. The van der Waals surface area contributed by atoms with Crippen molar-refractivity contribution in [2.75, 3.05) is 0 Å². The Morgan fingerprint density at radius 1 is 0.969 bits per heavy atom. The Labute approximate surface area is 188 Å². The third kappa shape index (κ3) is 4.39. The first-order valence-electron chi connectivity index (χ1n) is 10.9. The van der Waals surface area contributed by atoms with Crippen molar-refractivity contribution in [1.29, 1.82) is 0 Å². The molecule has 0 spiro atoms. The molecule has 1 saturated heterocycles. The number of ether oxygens (including phenoxy) is 2. The van der Waals surface area contributed by atoms with Crippen molar-refractivity contribution in [3.63, 3.8) is 0 Å². The van der Waals surface area contributed by atoms with Gasteiger partial charge >= 0.3 is 5.97 Å². The smallest absolute Gasteiger partial charge is 0.332 e. The van der Waals surface area contributed by atoms with E-state index in [4.69, 9.17) is 9.47 Å². The highest BCUT2D eigenvalue weighted by Gasteiger charge is 2.56. The second-order valence-corrected chi connectivity index (χ2v) is 9.19. The van der Waals surface area contributed by atoms with Crippen LogP contribution in [-0.4, -0.2) is 34.5 Å². The number of β-lactam (4-membered cyclic amide) rings is 1. The highest BCUT2D eigenvalue weighted by molar-refractivity contribution is 6.00. The summed E-state index contributed by atoms with van der Waals surface area (Å²) in [4.78, 5) is 27.9. The maximum Gasteiger partial charge on any atom is 0.332 e. The molecule has 1 heterocycles. The lowest BCUT2D eigenvalue weighted by atomic mass is 9.90. The Kier molecular flexibility index (Phi) is 6.02. The molecule has 0 radical (unpaired) electrons. The van der Waals surface area contributed by atoms with Gasteiger partial charge in [0, 0.05) is 0 Å². The molecule has 1 amide bonds. The average molecular weight is 432 g/mol. The molecule has 1 aliphatic rings. The van der Waals surface area contributed by atoms with E-state index in [1.165, 1.54) is 0 Å². The molecule has 0 aliphatic carbocycles. The number of fused-ring (bicyclic) bond motifs is 1. The minimum absolute atomic E-state index is 0.197. The van der Waals surface area contributed by atoms with Crippen molar-refractivity contribution in [3.05, 3.63) is 83.9 Å². The van der Waals surface area contributed by atoms with Crippen molar-refractivity contribution in [3.8, 4) is 0 Å². The monoisotopic (exact) mass is 431 g/mol. The first kappa shape index (κ1) is 22.0. The van der Waals surface area contributed by atoms with Gasteiger partial charge in [-0.15, -0.1) is 0 Å². The number of hydrogen-bond donors (Lipinski definition) is 0. The van der Waals surface area contributed by atoms with Gasteiger partial charge in [-0.3, -0.25) is 4.79 Å². The molecule has 4 rings (SSSR count). The number of likely N-dealkylation sites (tertiary alicyclic amines) is 1. The summed E-state index contributed by atoms with van der Waals surface area (Å²) in [7, 11) is 0. The maximum atomic E-state index is 13.2. The van der Waals surface area contributed by atoms with Crippen LogP contribution in [0.1, 0.15) is 44.9 Å². The second-order valence-electron chi connectivity index (χ2n) is 9.19. The van der Waals surface area contributed by atoms with Gasteiger partial charge in [-0.05, 0) is 49.6 Å². The van der Waals surface area contributed by atoms with Gasteiger partial charge in [0.25, 0.3) is 5.91 Å². The van der Waals surface area contributed by atoms with Crippen molar-refractivity contribution in [2.24, 2.45) is 0 Å². The fourth-order valence-electron chi connectivity index (χ4n) is 4.20. The van der Waals surface area contributed by atoms with E-state index in [-0.39, 0.29) is 18.6 Å². The van der Waals surface area contributed by atoms with Crippen molar-refractivity contribution in [2.45, 2.75) is 58.1 Å². The van der Waals surface area contributed by atoms with Crippen LogP contribution in [0.25, 0.3) is 10.8 Å². The van der Waals surface area contributed by atoms with Crippen LogP contribution in [0.4, 0.5) is 0 Å². The van der Waals surface area contributed by atoms with E-state index >= 15 is 0 Å². The fourth-order valence-corrected chi connectivity index (χ4v) is 4.20. The zero-order valence-electron chi connectivity index (χ0n) is 18.9. The van der Waals surface area contributed by atoms with Gasteiger partial charge in [0.15, 0.2) is 12.1 Å². The number of carbonyl (C=O) groups is 2. The van der Waals surface area contributed by atoms with Gasteiger partial charge in [0.05, 0.1) is 12.6 Å². The van der Waals surface area contributed by atoms with Crippen LogP contribution in [0.5, 0.6) is 0 Å². The number of hydrogen-bond acceptors (Lipinski definition) is 4. The highest BCUT2D eigenvalue weighted by atomic mass is 16.6. The van der Waals surface area contributed by atoms with Crippen LogP contribution in [0.2, 0.25) is 0 Å². The van der Waals surface area contributed by atoms with Gasteiger partial charge in [0.1, 0.15) is 5.60 Å². The van der Waals surface area contributed by atoms with Crippen LogP contribution < -0.4 is 0 Å². The zero-order valence-corrected chi connectivity index (χ0v) is 18.9. The number of carbonyl (C=O) groups excluding carboxylic acids is 2. The number of benzene rings is 3. The van der Waals surface area contributed by atoms with E-state index in [9.17, 15) is 9.59 Å². The Hall–Kier alpha value is -3.18. The van der Waals surface area contributed by atoms with Gasteiger partial charge in [0.2, 0.25) is 0 Å². The molecule has 0 saturated carbocycles. The van der Waals surface area contributed by atoms with E-state index in [1.807, 2.05) is 100 Å². The molecule has 5 nitrogen and oxygen atoms in total. The average Bonchev–Trinajstić information content (AvgIpc) is 2.76. The number of esters is 1. The van der Waals surface area contributed by atoms with Crippen LogP contribution in [-0.2, 0) is 25.7 Å². The molecule has 0 aromatic heterocycles. The van der Waals surface area contributed by atoms with Crippen LogP contribution in [0, 0.1) is 0 Å². The fraction of sp³-hybridized carbons (Fsp3) is 0.333. The predicted octanol–water partition coefficient (Wildman–Crippen LogP) is 5.04. The SMILES string of the molecule is C[C@@H](c1cccc2ccccc12)N1C(=O)[C@@H](OCc2ccccc2)[C@H]1C(=O)OC(C)(C)C. The molecule has 1 fully saturated rings. The summed E-state index contributed by atoms with van der Waals surface area (Å²) in [5, 5.41) is 2.16. The number of nitrogens with zero attached hydrogens (tertiary/aromatic N) is 1. The molecule has 3 aromatic carbocycles. The van der Waals surface area contributed by atoms with Gasteiger partial charge < -0.3 is 14.4 Å². The van der Waals surface area contributed by atoms with E-state index in [1.54, 1.807) is 4.90 Å². The topological polar surface area (TPSA) is 55.8 Å². The molecule has 166 valence electrons. The van der Waals surface area contributed by atoms with E-state index in [0.29, 0.717) is 0 Å². The molecule has 0 unspecified atom stereocenters. The summed E-state index contributed by atoms with van der Waals surface area (Å²) < 4.78 is 11.6. The summed E-state index contributed by atoms with van der Waals surface area (Å²) in [5.74, 6) is -0.639. The van der Waals surface area contributed by atoms with Crippen LogP contribution in [0.15, 0.2) is 72.8 Å². The van der Waals surface area contributed by atoms with Crippen molar-refractivity contribution >= 4 is 22.6 Å². The highest BCUT2D eigenvalue weighted by Crippen LogP contribution is 2.37. The summed E-state index contributed by atoms with van der Waals surface area (Å²) in [5.41, 5.74) is 1.28. The van der Waals surface area contributed by atoms with Crippen molar-refractivity contribution in [1.82, 2.24) is 4.90 Å². The third-order valence-corrected chi connectivity index (χ3v) is 5.70. The Bertz CT molecular complexity index is 1110. The standard InChI is InChI=1S/C27H29NO4/c1-18(21-16-10-14-20-13-8-9-15-22(20)21)28-23(26(30)32-27(2,3)4)24(25(28)29)31-17-19-11-6-5-7-12-19/h5-16,18,23-24H,17H2,1-4H3/t18-,23-,24-/m0/s1. The first-order chi connectivity index (χ1) is 15.3. The maximum absolute atomic E-state index is 13.2. The van der Waals surface area contributed by atoms with Gasteiger partial charge in [-0.1, -0.05) is 72.8 Å². The van der Waals surface area contributed by atoms with E-state index in [0.717, 1.165) is 21.9 Å². The Balaban J connectivity index is 1.62. The number of rotatable bonds is 6. The van der Waals surface area contributed by atoms with Gasteiger partial charge in [-0.2, -0.15) is 0 Å². The zero-order chi connectivity index (χ0) is 22.9. The van der Waals surface area contributed by atoms with Crippen molar-refractivity contribution < 1.29 is 19.1 Å². The molecule has 3 aromatic rings. The molecular formula is C27H29NO4. The third-order valence-electron chi connectivity index (χ3n) is 5.70. The molecule has 5 heteroatoms. The van der Waals surface area contributed by atoms with Crippen LogP contribution >= 0.6 is 0 Å². The summed E-state index contributed by atoms with van der Waals surface area (Å²) >= 11 is 0. The van der Waals surface area contributed by atoms with E-state index in [2.05, 4.69) is 0 Å². The lowest BCUT2D eigenvalue weighted by Crippen LogP contribution is -2.69. The lowest BCUT2D eigenvalue weighted by molar-refractivity contribution is -0.199. The number of amides is 1. The second kappa shape index (κ2) is 8.75. The molecular weight excluding hydrogens is 402 g/mol. The van der Waals surface area contributed by atoms with Crippen LogP contribution in [0.3, 0.4) is 0 Å².